The van der Waals surface area contributed by atoms with Gasteiger partial charge in [-0.15, -0.1) is 0 Å². The van der Waals surface area contributed by atoms with Crippen molar-refractivity contribution in [2.75, 3.05) is 13.2 Å². The van der Waals surface area contributed by atoms with Gasteiger partial charge in [0.15, 0.2) is 0 Å². The molecule has 0 aromatic carbocycles. The predicted molar refractivity (Wildman–Crippen MR) is 104 cm³/mol. The van der Waals surface area contributed by atoms with E-state index in [-0.39, 0.29) is 18.4 Å². The highest BCUT2D eigenvalue weighted by Gasteiger charge is 2.43. The fourth-order valence-electron chi connectivity index (χ4n) is 3.49. The van der Waals surface area contributed by atoms with Crippen LogP contribution in [0.3, 0.4) is 0 Å². The Morgan fingerprint density at radius 2 is 2.15 bits per heavy atom. The lowest BCUT2D eigenvalue weighted by molar-refractivity contribution is -0.129. The monoisotopic (exact) mass is 367 g/mol. The molecule has 26 heavy (non-hydrogen) atoms. The number of aliphatic hydroxyl groups excluding tert-OH is 1. The fourth-order valence-corrected chi connectivity index (χ4v) is 3.49. The molecule has 3 atom stereocenters. The molecule has 1 rings (SSSR count). The molecule has 0 radical (unpaired) electrons. The molecule has 0 bridgehead atoms. The minimum Gasteiger partial charge on any atom is -0.394 e. The Kier molecular flexibility index (Phi) is 9.88. The molecular weight excluding hydrogens is 330 g/mol. The Labute approximate surface area is 158 Å². The van der Waals surface area contributed by atoms with E-state index in [1.807, 2.05) is 13.8 Å². The van der Waals surface area contributed by atoms with Gasteiger partial charge in [0, 0.05) is 6.54 Å². The second kappa shape index (κ2) is 11.3. The molecule has 6 nitrogen and oxygen atoms in total. The van der Waals surface area contributed by atoms with E-state index in [0.29, 0.717) is 38.1 Å². The lowest BCUT2D eigenvalue weighted by Crippen LogP contribution is -2.49. The Morgan fingerprint density at radius 3 is 2.69 bits per heavy atom. The molecule has 1 fully saturated rings. The molecule has 0 aromatic rings. The minimum atomic E-state index is -0.591. The van der Waals surface area contributed by atoms with Gasteiger partial charge >= 0.3 is 0 Å². The average molecular weight is 368 g/mol. The molecule has 0 saturated carbocycles. The van der Waals surface area contributed by atoms with Crippen LogP contribution in [0.5, 0.6) is 0 Å². The van der Waals surface area contributed by atoms with Gasteiger partial charge in [0.25, 0.3) is 0 Å². The third-order valence-corrected chi connectivity index (χ3v) is 5.04. The van der Waals surface area contributed by atoms with Gasteiger partial charge in [-0.2, -0.15) is 0 Å². The van der Waals surface area contributed by atoms with Crippen molar-refractivity contribution in [1.82, 2.24) is 10.6 Å². The number of hydrogen-bond acceptors (Lipinski definition) is 4. The number of rotatable bonds is 12. The number of hydrogen-bond donors (Lipinski definition) is 4. The van der Waals surface area contributed by atoms with Crippen LogP contribution in [-0.2, 0) is 9.59 Å². The topological polar surface area (TPSA) is 104 Å². The van der Waals surface area contributed by atoms with Crippen LogP contribution in [0.4, 0.5) is 0 Å². The maximum Gasteiger partial charge on any atom is 0.237 e. The van der Waals surface area contributed by atoms with Crippen molar-refractivity contribution in [3.63, 3.8) is 0 Å². The lowest BCUT2D eigenvalue weighted by atomic mass is 9.77. The molecule has 0 aliphatic carbocycles. The third-order valence-electron chi connectivity index (χ3n) is 5.04. The number of allylic oxidation sites excluding steroid dienone is 2. The quantitative estimate of drug-likeness (QED) is 0.312. The molecule has 1 unspecified atom stereocenters. The van der Waals surface area contributed by atoms with Crippen molar-refractivity contribution < 1.29 is 14.7 Å². The van der Waals surface area contributed by atoms with E-state index >= 15 is 0 Å². The highest BCUT2D eigenvalue weighted by Crippen LogP contribution is 2.36. The molecule has 1 saturated heterocycles. The first-order chi connectivity index (χ1) is 12.3. The zero-order valence-electron chi connectivity index (χ0n) is 16.6. The van der Waals surface area contributed by atoms with Gasteiger partial charge in [-0.05, 0) is 38.0 Å². The number of carbonyl (C=O) groups excluding carboxylic acids is 2. The summed E-state index contributed by atoms with van der Waals surface area (Å²) in [5.74, 6) is 0.0742. The van der Waals surface area contributed by atoms with Crippen LogP contribution in [0.15, 0.2) is 12.2 Å². The first-order valence-corrected chi connectivity index (χ1v) is 9.94. The van der Waals surface area contributed by atoms with Crippen LogP contribution in [0.25, 0.3) is 0 Å². The summed E-state index contributed by atoms with van der Waals surface area (Å²) < 4.78 is 0. The normalized spacial score (nSPS) is 22.6. The lowest BCUT2D eigenvalue weighted by Gasteiger charge is -2.30. The Bertz CT molecular complexity index is 479. The van der Waals surface area contributed by atoms with Gasteiger partial charge in [-0.1, -0.05) is 45.8 Å². The van der Waals surface area contributed by atoms with Crippen LogP contribution < -0.4 is 16.4 Å². The third kappa shape index (κ3) is 7.08. The fraction of sp³-hybridized carbons (Fsp3) is 0.800. The largest absolute Gasteiger partial charge is 0.394 e. The molecule has 1 aliphatic heterocycles. The number of aliphatic hydroxyl groups is 1. The van der Waals surface area contributed by atoms with E-state index in [2.05, 4.69) is 29.7 Å². The second-order valence-electron chi connectivity index (χ2n) is 7.93. The first kappa shape index (κ1) is 22.6. The van der Waals surface area contributed by atoms with Crippen LogP contribution >= 0.6 is 0 Å². The summed E-state index contributed by atoms with van der Waals surface area (Å²) in [4.78, 5) is 24.7. The number of nitrogens with one attached hydrogen (secondary N) is 2. The van der Waals surface area contributed by atoms with E-state index < -0.39 is 17.5 Å². The van der Waals surface area contributed by atoms with Gasteiger partial charge in [0.05, 0.1) is 24.1 Å². The highest BCUT2D eigenvalue weighted by atomic mass is 16.3. The molecule has 1 aliphatic rings. The van der Waals surface area contributed by atoms with E-state index in [1.54, 1.807) is 0 Å². The van der Waals surface area contributed by atoms with E-state index in [1.165, 1.54) is 0 Å². The van der Waals surface area contributed by atoms with Crippen molar-refractivity contribution in [1.29, 1.82) is 0 Å². The summed E-state index contributed by atoms with van der Waals surface area (Å²) >= 11 is 0. The van der Waals surface area contributed by atoms with E-state index in [4.69, 9.17) is 5.73 Å². The SMILES string of the molecule is CCCC/C=C/CC1(C[C@@H](CO)NC(=O)[C@@H](N)CC(C)C)CCNC1=O. The molecular formula is C20H37N3O3. The summed E-state index contributed by atoms with van der Waals surface area (Å²) in [6.45, 7) is 6.62. The summed E-state index contributed by atoms with van der Waals surface area (Å²) in [6, 6.07) is -1.06. The van der Waals surface area contributed by atoms with Crippen LogP contribution in [0.2, 0.25) is 0 Å². The maximum absolute atomic E-state index is 12.5. The highest BCUT2D eigenvalue weighted by molar-refractivity contribution is 5.85. The van der Waals surface area contributed by atoms with Crippen molar-refractivity contribution in [2.24, 2.45) is 17.1 Å². The van der Waals surface area contributed by atoms with Crippen molar-refractivity contribution in [2.45, 2.75) is 77.8 Å². The molecule has 1 heterocycles. The average Bonchev–Trinajstić information content (AvgIpc) is 2.94. The van der Waals surface area contributed by atoms with Gasteiger partial charge in [-0.25, -0.2) is 0 Å². The van der Waals surface area contributed by atoms with Crippen molar-refractivity contribution >= 4 is 11.8 Å². The predicted octanol–water partition coefficient (Wildman–Crippen LogP) is 1.87. The summed E-state index contributed by atoms with van der Waals surface area (Å²) in [5, 5.41) is 15.5. The Balaban J connectivity index is 2.71. The smallest absolute Gasteiger partial charge is 0.237 e. The van der Waals surface area contributed by atoms with Gasteiger partial charge in [0.2, 0.25) is 11.8 Å². The summed E-state index contributed by atoms with van der Waals surface area (Å²) in [7, 11) is 0. The van der Waals surface area contributed by atoms with E-state index in [9.17, 15) is 14.7 Å². The maximum atomic E-state index is 12.5. The van der Waals surface area contributed by atoms with Gasteiger partial charge < -0.3 is 21.5 Å². The first-order valence-electron chi connectivity index (χ1n) is 9.94. The second-order valence-corrected chi connectivity index (χ2v) is 7.93. The number of carbonyl (C=O) groups is 2. The summed E-state index contributed by atoms with van der Waals surface area (Å²) in [5.41, 5.74) is 5.37. The molecule has 5 N–H and O–H groups in total. The van der Waals surface area contributed by atoms with Gasteiger partial charge in [-0.3, -0.25) is 9.59 Å². The van der Waals surface area contributed by atoms with Gasteiger partial charge in [0.1, 0.15) is 0 Å². The summed E-state index contributed by atoms with van der Waals surface area (Å²) in [6.07, 6.45) is 9.86. The molecule has 0 spiro atoms. The Morgan fingerprint density at radius 1 is 1.42 bits per heavy atom. The minimum absolute atomic E-state index is 0.0109. The standard InChI is InChI=1S/C20H37N3O3/c1-4-5-6-7-8-9-20(10-11-22-19(20)26)13-16(14-24)23-18(25)17(21)12-15(2)3/h7-8,15-17,24H,4-6,9-14,21H2,1-3H3,(H,22,26)(H,23,25)/b8-7+/t16-,17-,20?/m0/s1. The van der Waals surface area contributed by atoms with Crippen molar-refractivity contribution in [3.8, 4) is 0 Å². The van der Waals surface area contributed by atoms with Crippen LogP contribution in [0.1, 0.15) is 65.7 Å². The van der Waals surface area contributed by atoms with Crippen LogP contribution in [-0.4, -0.2) is 42.2 Å². The molecule has 2 amide bonds. The van der Waals surface area contributed by atoms with Crippen molar-refractivity contribution in [3.05, 3.63) is 12.2 Å². The van der Waals surface area contributed by atoms with Crippen LogP contribution in [0, 0.1) is 11.3 Å². The molecule has 0 aromatic heterocycles. The zero-order valence-corrected chi connectivity index (χ0v) is 16.6. The zero-order chi connectivity index (χ0) is 19.6. The van der Waals surface area contributed by atoms with E-state index in [0.717, 1.165) is 19.3 Å². The molecule has 150 valence electrons. The number of amides is 2. The number of unbranched alkanes of at least 4 members (excludes halogenated alkanes) is 2. The number of nitrogens with two attached hydrogens (primary N) is 1. The molecule has 6 heteroatoms. The Hall–Kier alpha value is -1.40.